The summed E-state index contributed by atoms with van der Waals surface area (Å²) in [6.45, 7) is 0.222. The minimum atomic E-state index is -1.16. The van der Waals surface area contributed by atoms with E-state index < -0.39 is 11.6 Å². The van der Waals surface area contributed by atoms with Crippen LogP contribution in [0.3, 0.4) is 0 Å². The van der Waals surface area contributed by atoms with Crippen molar-refractivity contribution in [1.82, 2.24) is 0 Å². The minimum Gasteiger partial charge on any atom is -0.547 e. The van der Waals surface area contributed by atoms with Gasteiger partial charge in [-0.1, -0.05) is 30.3 Å². The fraction of sp³-hybridized carbons (Fsp3) is 0.222. The summed E-state index contributed by atoms with van der Waals surface area (Å²) >= 11 is 0. The molecule has 1 unspecified atom stereocenters. The Morgan fingerprint density at radius 3 is 2.31 bits per heavy atom. The smallest absolute Gasteiger partial charge is 0.547 e. The predicted octanol–water partition coefficient (Wildman–Crippen LogP) is -3.33. The summed E-state index contributed by atoms with van der Waals surface area (Å²) in [6.07, 6.45) is 0. The summed E-state index contributed by atoms with van der Waals surface area (Å²) < 4.78 is 4.88. The molecule has 13 heavy (non-hydrogen) atoms. The van der Waals surface area contributed by atoms with E-state index in [9.17, 15) is 9.90 Å². The quantitative estimate of drug-likeness (QED) is 0.372. The van der Waals surface area contributed by atoms with Crippen LogP contribution < -0.4 is 56.5 Å². The van der Waals surface area contributed by atoms with Gasteiger partial charge in [0.25, 0.3) is 0 Å². The molecular formula is C9H7KO3. The number of hydrogen-bond donors (Lipinski definition) is 0. The first kappa shape index (κ1) is 11.4. The maximum Gasteiger partial charge on any atom is 1.00 e. The van der Waals surface area contributed by atoms with Gasteiger partial charge in [-0.15, -0.1) is 0 Å². The molecule has 1 aliphatic heterocycles. The van der Waals surface area contributed by atoms with Gasteiger partial charge in [-0.3, -0.25) is 0 Å². The number of benzene rings is 1. The van der Waals surface area contributed by atoms with Crippen LogP contribution >= 0.6 is 0 Å². The van der Waals surface area contributed by atoms with Crippen molar-refractivity contribution in [2.75, 3.05) is 6.61 Å². The summed E-state index contributed by atoms with van der Waals surface area (Å²) in [5.74, 6) is -1.16. The Labute approximate surface area is 119 Å². The van der Waals surface area contributed by atoms with E-state index in [0.29, 0.717) is 5.56 Å². The third-order valence-corrected chi connectivity index (χ3v) is 2.00. The fourth-order valence-corrected chi connectivity index (χ4v) is 1.18. The van der Waals surface area contributed by atoms with Crippen LogP contribution in [0.4, 0.5) is 0 Å². The third-order valence-electron chi connectivity index (χ3n) is 2.00. The number of hydrogen-bond acceptors (Lipinski definition) is 3. The van der Waals surface area contributed by atoms with Gasteiger partial charge in [0.05, 0.1) is 12.6 Å². The summed E-state index contributed by atoms with van der Waals surface area (Å²) in [5, 5.41) is 10.6. The number of carboxylic acid groups (broad SMARTS) is 1. The van der Waals surface area contributed by atoms with Gasteiger partial charge in [0, 0.05) is 0 Å². The molecule has 62 valence electrons. The summed E-state index contributed by atoms with van der Waals surface area (Å²) in [7, 11) is 0. The third kappa shape index (κ3) is 2.03. The molecule has 0 saturated carbocycles. The first-order valence-corrected chi connectivity index (χ1v) is 3.67. The van der Waals surface area contributed by atoms with Crippen molar-refractivity contribution in [3.8, 4) is 0 Å². The first-order chi connectivity index (χ1) is 5.76. The fourth-order valence-electron chi connectivity index (χ4n) is 1.18. The predicted molar refractivity (Wildman–Crippen MR) is 39.1 cm³/mol. The van der Waals surface area contributed by atoms with Crippen LogP contribution in [0, 0.1) is 0 Å². The molecule has 1 saturated heterocycles. The van der Waals surface area contributed by atoms with Crippen molar-refractivity contribution in [3.63, 3.8) is 0 Å². The number of epoxide rings is 1. The average Bonchev–Trinajstić information content (AvgIpc) is 2.86. The number of carbonyl (C=O) groups is 1. The first-order valence-electron chi connectivity index (χ1n) is 3.67. The van der Waals surface area contributed by atoms with Crippen LogP contribution in [0.25, 0.3) is 0 Å². The molecule has 3 nitrogen and oxygen atoms in total. The summed E-state index contributed by atoms with van der Waals surface area (Å²) in [5.41, 5.74) is -0.494. The molecule has 1 aromatic carbocycles. The molecule has 4 heteroatoms. The molecule has 1 aliphatic rings. The second-order valence-electron chi connectivity index (χ2n) is 2.77. The Morgan fingerprint density at radius 2 is 1.92 bits per heavy atom. The second kappa shape index (κ2) is 4.21. The molecule has 0 spiro atoms. The van der Waals surface area contributed by atoms with Gasteiger partial charge in [0.1, 0.15) is 0 Å². The van der Waals surface area contributed by atoms with Gasteiger partial charge in [-0.05, 0) is 5.56 Å². The van der Waals surface area contributed by atoms with E-state index in [-0.39, 0.29) is 58.0 Å². The Hall–Kier alpha value is 0.286. The zero-order valence-corrected chi connectivity index (χ0v) is 10.4. The van der Waals surface area contributed by atoms with E-state index in [1.807, 2.05) is 6.07 Å². The second-order valence-corrected chi connectivity index (χ2v) is 2.77. The number of carboxylic acids is 1. The topological polar surface area (TPSA) is 52.7 Å². The Morgan fingerprint density at radius 1 is 1.38 bits per heavy atom. The monoisotopic (exact) mass is 202 g/mol. The average molecular weight is 202 g/mol. The van der Waals surface area contributed by atoms with Crippen molar-refractivity contribution in [2.45, 2.75) is 5.60 Å². The van der Waals surface area contributed by atoms with Crippen LogP contribution in [0.1, 0.15) is 5.56 Å². The number of rotatable bonds is 2. The Kier molecular flexibility index (Phi) is 3.68. The van der Waals surface area contributed by atoms with Crippen molar-refractivity contribution >= 4 is 5.97 Å². The van der Waals surface area contributed by atoms with E-state index in [4.69, 9.17) is 4.74 Å². The van der Waals surface area contributed by atoms with Gasteiger partial charge in [0.2, 0.25) is 0 Å². The Balaban J connectivity index is 0.000000845. The summed E-state index contributed by atoms with van der Waals surface area (Å²) in [4.78, 5) is 10.6. The van der Waals surface area contributed by atoms with Crippen LogP contribution in [-0.4, -0.2) is 12.6 Å². The van der Waals surface area contributed by atoms with Crippen molar-refractivity contribution < 1.29 is 66.0 Å². The molecule has 0 aromatic heterocycles. The normalized spacial score (nSPS) is 24.6. The van der Waals surface area contributed by atoms with Gasteiger partial charge in [0.15, 0.2) is 5.60 Å². The molecule has 1 fully saturated rings. The largest absolute Gasteiger partial charge is 1.00 e. The molecule has 0 radical (unpaired) electrons. The van der Waals surface area contributed by atoms with Crippen molar-refractivity contribution in [1.29, 1.82) is 0 Å². The van der Waals surface area contributed by atoms with Gasteiger partial charge in [-0.2, -0.15) is 0 Å². The molecule has 0 bridgehead atoms. The number of carbonyl (C=O) groups excluding carboxylic acids is 1. The maximum absolute atomic E-state index is 10.6. The number of ether oxygens (including phenoxy) is 1. The molecular weight excluding hydrogens is 195 g/mol. The molecule has 1 heterocycles. The minimum absolute atomic E-state index is 0. The standard InChI is InChI=1S/C9H8O3.K/c10-8(11)9(6-12-9)7-4-2-1-3-5-7;/h1-5H,6H2,(H,10,11);/q;+1/p-1. The Bertz CT molecular complexity index is 306. The van der Waals surface area contributed by atoms with E-state index in [0.717, 1.165) is 0 Å². The van der Waals surface area contributed by atoms with Crippen LogP contribution in [0.15, 0.2) is 30.3 Å². The SMILES string of the molecule is O=C([O-])C1(c2ccccc2)CO1.[K+]. The van der Waals surface area contributed by atoms with Crippen molar-refractivity contribution in [3.05, 3.63) is 35.9 Å². The van der Waals surface area contributed by atoms with Gasteiger partial charge >= 0.3 is 51.4 Å². The molecule has 0 aliphatic carbocycles. The van der Waals surface area contributed by atoms with E-state index in [1.165, 1.54) is 0 Å². The van der Waals surface area contributed by atoms with Crippen LogP contribution in [0.2, 0.25) is 0 Å². The van der Waals surface area contributed by atoms with Crippen LogP contribution in [-0.2, 0) is 15.1 Å². The van der Waals surface area contributed by atoms with E-state index in [1.54, 1.807) is 24.3 Å². The molecule has 1 atom stereocenters. The molecule has 0 N–H and O–H groups in total. The zero-order valence-electron chi connectivity index (χ0n) is 7.32. The number of aliphatic carboxylic acids is 1. The molecule has 1 aromatic rings. The maximum atomic E-state index is 10.6. The van der Waals surface area contributed by atoms with E-state index in [2.05, 4.69) is 0 Å². The molecule has 2 rings (SSSR count). The van der Waals surface area contributed by atoms with Gasteiger partial charge < -0.3 is 14.6 Å². The van der Waals surface area contributed by atoms with Crippen molar-refractivity contribution in [2.24, 2.45) is 0 Å². The molecule has 0 amide bonds. The summed E-state index contributed by atoms with van der Waals surface area (Å²) in [6, 6.07) is 8.84. The van der Waals surface area contributed by atoms with E-state index >= 15 is 0 Å². The van der Waals surface area contributed by atoms with Gasteiger partial charge in [-0.25, -0.2) is 0 Å². The van der Waals surface area contributed by atoms with Crippen LogP contribution in [0.5, 0.6) is 0 Å². The zero-order chi connectivity index (χ0) is 8.60.